The number of furan rings is 1. The number of hydrogen-bond acceptors (Lipinski definition) is 3. The van der Waals surface area contributed by atoms with Crippen LogP contribution < -0.4 is 0 Å². The molecule has 0 aromatic carbocycles. The molecule has 0 fully saturated rings. The molecule has 1 aliphatic heterocycles. The van der Waals surface area contributed by atoms with Crippen molar-refractivity contribution in [3.05, 3.63) is 30.2 Å². The zero-order valence-corrected chi connectivity index (χ0v) is 7.53. The second-order valence-electron chi connectivity index (χ2n) is 3.50. The van der Waals surface area contributed by atoms with E-state index in [9.17, 15) is 4.79 Å². The Morgan fingerprint density at radius 1 is 1.38 bits per heavy atom. The number of ether oxygens (including phenoxy) is 1. The SMILES string of the molecule is CC1(C)OC(=O)C=C1c1ccoc1. The molecule has 1 aromatic rings. The van der Waals surface area contributed by atoms with Crippen molar-refractivity contribution in [2.45, 2.75) is 19.4 Å². The fourth-order valence-corrected chi connectivity index (χ4v) is 1.48. The molecule has 0 N–H and O–H groups in total. The number of carbonyl (C=O) groups excluding carboxylic acids is 1. The highest BCUT2D eigenvalue weighted by atomic mass is 16.6. The third-order valence-electron chi connectivity index (χ3n) is 2.10. The van der Waals surface area contributed by atoms with Crippen LogP contribution in [0.25, 0.3) is 5.57 Å². The molecule has 0 unspecified atom stereocenters. The van der Waals surface area contributed by atoms with Gasteiger partial charge in [0, 0.05) is 17.2 Å². The first kappa shape index (κ1) is 8.10. The molecule has 1 aliphatic rings. The molecule has 0 radical (unpaired) electrons. The number of esters is 1. The Balaban J connectivity index is 2.44. The summed E-state index contributed by atoms with van der Waals surface area (Å²) in [7, 11) is 0. The van der Waals surface area contributed by atoms with Crippen LogP contribution >= 0.6 is 0 Å². The summed E-state index contributed by atoms with van der Waals surface area (Å²) in [5, 5.41) is 0. The van der Waals surface area contributed by atoms with Crippen LogP contribution in [0.2, 0.25) is 0 Å². The molecular weight excluding hydrogens is 168 g/mol. The lowest BCUT2D eigenvalue weighted by atomic mass is 9.94. The van der Waals surface area contributed by atoms with Crippen LogP contribution in [0.3, 0.4) is 0 Å². The van der Waals surface area contributed by atoms with Crippen molar-refractivity contribution in [3.8, 4) is 0 Å². The molecule has 3 heteroatoms. The maximum Gasteiger partial charge on any atom is 0.332 e. The molecule has 0 atom stereocenters. The van der Waals surface area contributed by atoms with Crippen molar-refractivity contribution in [1.29, 1.82) is 0 Å². The monoisotopic (exact) mass is 178 g/mol. The molecule has 13 heavy (non-hydrogen) atoms. The highest BCUT2D eigenvalue weighted by Gasteiger charge is 2.35. The Bertz CT molecular complexity index is 358. The van der Waals surface area contributed by atoms with Crippen molar-refractivity contribution in [3.63, 3.8) is 0 Å². The number of cyclic esters (lactones) is 1. The van der Waals surface area contributed by atoms with Gasteiger partial charge in [-0.2, -0.15) is 0 Å². The van der Waals surface area contributed by atoms with E-state index in [0.29, 0.717) is 0 Å². The second-order valence-corrected chi connectivity index (χ2v) is 3.50. The van der Waals surface area contributed by atoms with Crippen molar-refractivity contribution in [1.82, 2.24) is 0 Å². The predicted molar refractivity (Wildman–Crippen MR) is 46.9 cm³/mol. The van der Waals surface area contributed by atoms with E-state index < -0.39 is 5.60 Å². The molecule has 0 saturated heterocycles. The van der Waals surface area contributed by atoms with Gasteiger partial charge in [-0.25, -0.2) is 4.79 Å². The van der Waals surface area contributed by atoms with Gasteiger partial charge in [0.15, 0.2) is 0 Å². The minimum absolute atomic E-state index is 0.291. The molecule has 0 saturated carbocycles. The Morgan fingerprint density at radius 3 is 2.62 bits per heavy atom. The molecule has 1 aromatic heterocycles. The van der Waals surface area contributed by atoms with Crippen LogP contribution in [0.4, 0.5) is 0 Å². The summed E-state index contributed by atoms with van der Waals surface area (Å²) >= 11 is 0. The van der Waals surface area contributed by atoms with E-state index in [2.05, 4.69) is 0 Å². The van der Waals surface area contributed by atoms with Gasteiger partial charge in [0.2, 0.25) is 0 Å². The van der Waals surface area contributed by atoms with Gasteiger partial charge in [0.1, 0.15) is 5.60 Å². The quantitative estimate of drug-likeness (QED) is 0.617. The molecule has 0 spiro atoms. The second kappa shape index (κ2) is 2.49. The third kappa shape index (κ3) is 1.26. The Hall–Kier alpha value is -1.51. The van der Waals surface area contributed by atoms with Gasteiger partial charge in [-0.15, -0.1) is 0 Å². The number of hydrogen-bond donors (Lipinski definition) is 0. The first-order valence-corrected chi connectivity index (χ1v) is 4.07. The molecule has 2 heterocycles. The lowest BCUT2D eigenvalue weighted by Gasteiger charge is -2.20. The standard InChI is InChI=1S/C10H10O3/c1-10(2)8(5-9(11)13-10)7-3-4-12-6-7/h3-6H,1-2H3. The van der Waals surface area contributed by atoms with E-state index in [0.717, 1.165) is 11.1 Å². The summed E-state index contributed by atoms with van der Waals surface area (Å²) in [5.41, 5.74) is 1.23. The van der Waals surface area contributed by atoms with Gasteiger partial charge in [-0.1, -0.05) is 0 Å². The van der Waals surface area contributed by atoms with Gasteiger partial charge in [0.25, 0.3) is 0 Å². The summed E-state index contributed by atoms with van der Waals surface area (Å²) in [6.07, 6.45) is 4.69. The molecule has 0 aliphatic carbocycles. The highest BCUT2D eigenvalue weighted by molar-refractivity contribution is 5.98. The average molecular weight is 178 g/mol. The first-order valence-electron chi connectivity index (χ1n) is 4.07. The van der Waals surface area contributed by atoms with Crippen LogP contribution in [-0.2, 0) is 9.53 Å². The zero-order valence-electron chi connectivity index (χ0n) is 7.53. The zero-order chi connectivity index (χ0) is 9.47. The first-order chi connectivity index (χ1) is 6.09. The summed E-state index contributed by atoms with van der Waals surface area (Å²) < 4.78 is 10.1. The molecule has 2 rings (SSSR count). The van der Waals surface area contributed by atoms with E-state index in [1.807, 2.05) is 19.9 Å². The molecule has 0 bridgehead atoms. The van der Waals surface area contributed by atoms with Crippen LogP contribution in [-0.4, -0.2) is 11.6 Å². The number of carbonyl (C=O) groups is 1. The summed E-state index contributed by atoms with van der Waals surface area (Å²) in [4.78, 5) is 11.0. The van der Waals surface area contributed by atoms with Crippen LogP contribution in [0.1, 0.15) is 19.4 Å². The van der Waals surface area contributed by atoms with E-state index in [1.54, 1.807) is 12.5 Å². The van der Waals surface area contributed by atoms with Crippen molar-refractivity contribution < 1.29 is 13.9 Å². The van der Waals surface area contributed by atoms with Crippen molar-refractivity contribution >= 4 is 11.5 Å². The third-order valence-corrected chi connectivity index (χ3v) is 2.10. The predicted octanol–water partition coefficient (Wildman–Crippen LogP) is 2.00. The Kier molecular flexibility index (Phi) is 1.55. The Labute approximate surface area is 76.0 Å². The lowest BCUT2D eigenvalue weighted by molar-refractivity contribution is -0.142. The minimum Gasteiger partial charge on any atom is -0.472 e. The van der Waals surface area contributed by atoms with Crippen LogP contribution in [0.15, 0.2) is 29.1 Å². The van der Waals surface area contributed by atoms with Gasteiger partial charge < -0.3 is 9.15 Å². The smallest absolute Gasteiger partial charge is 0.332 e. The van der Waals surface area contributed by atoms with E-state index in [4.69, 9.17) is 9.15 Å². The van der Waals surface area contributed by atoms with E-state index in [1.165, 1.54) is 6.08 Å². The van der Waals surface area contributed by atoms with Crippen molar-refractivity contribution in [2.75, 3.05) is 0 Å². The summed E-state index contributed by atoms with van der Waals surface area (Å²) in [6.45, 7) is 3.72. The largest absolute Gasteiger partial charge is 0.472 e. The maximum absolute atomic E-state index is 11.0. The van der Waals surface area contributed by atoms with E-state index >= 15 is 0 Å². The van der Waals surface area contributed by atoms with Gasteiger partial charge in [-0.05, 0) is 19.9 Å². The van der Waals surface area contributed by atoms with E-state index in [-0.39, 0.29) is 5.97 Å². The highest BCUT2D eigenvalue weighted by Crippen LogP contribution is 2.35. The topological polar surface area (TPSA) is 39.4 Å². The Morgan fingerprint density at radius 2 is 2.15 bits per heavy atom. The molecule has 3 nitrogen and oxygen atoms in total. The maximum atomic E-state index is 11.0. The molecular formula is C10H10O3. The summed E-state index contributed by atoms with van der Waals surface area (Å²) in [5.74, 6) is -0.291. The summed E-state index contributed by atoms with van der Waals surface area (Å²) in [6, 6.07) is 1.82. The average Bonchev–Trinajstić information content (AvgIpc) is 2.56. The molecule has 0 amide bonds. The van der Waals surface area contributed by atoms with Crippen molar-refractivity contribution in [2.24, 2.45) is 0 Å². The van der Waals surface area contributed by atoms with Gasteiger partial charge >= 0.3 is 5.97 Å². The fourth-order valence-electron chi connectivity index (χ4n) is 1.48. The lowest BCUT2D eigenvalue weighted by Crippen LogP contribution is -2.22. The van der Waals surface area contributed by atoms with Gasteiger partial charge in [-0.3, -0.25) is 0 Å². The van der Waals surface area contributed by atoms with Gasteiger partial charge in [0.05, 0.1) is 12.5 Å². The van der Waals surface area contributed by atoms with Crippen LogP contribution in [0, 0.1) is 0 Å². The number of rotatable bonds is 1. The fraction of sp³-hybridized carbons (Fsp3) is 0.300. The van der Waals surface area contributed by atoms with Crippen LogP contribution in [0.5, 0.6) is 0 Å². The molecule has 68 valence electrons. The normalized spacial score (nSPS) is 19.8. The minimum atomic E-state index is -0.541.